The zero-order valence-electron chi connectivity index (χ0n) is 11.0. The van der Waals surface area contributed by atoms with E-state index in [0.717, 1.165) is 4.57 Å². The van der Waals surface area contributed by atoms with Crippen molar-refractivity contribution in [1.82, 2.24) is 14.5 Å². The Bertz CT molecular complexity index is 790. The fourth-order valence-corrected chi connectivity index (χ4v) is 2.49. The second-order valence-electron chi connectivity index (χ2n) is 4.82. The number of rotatable bonds is 2. The standard InChI is InChI=1S/C14H12F3N3O/c1-20-7-6-18-12(20)13(21,14(15,16)17)10-8-19-11-5-3-2-4-9(10)11/h2-8,19,21H,1H3. The van der Waals surface area contributed by atoms with Crippen LogP contribution in [0.1, 0.15) is 11.4 Å². The zero-order valence-corrected chi connectivity index (χ0v) is 11.0. The topological polar surface area (TPSA) is 53.8 Å². The number of imidazole rings is 1. The van der Waals surface area contributed by atoms with Crippen LogP contribution in [-0.4, -0.2) is 25.8 Å². The number of halogens is 3. The van der Waals surface area contributed by atoms with Crippen LogP contribution < -0.4 is 0 Å². The maximum Gasteiger partial charge on any atom is 0.428 e. The second kappa shape index (κ2) is 4.36. The molecule has 0 bridgehead atoms. The lowest BCUT2D eigenvalue weighted by Crippen LogP contribution is -2.45. The van der Waals surface area contributed by atoms with Crippen molar-refractivity contribution < 1.29 is 18.3 Å². The highest BCUT2D eigenvalue weighted by Gasteiger charge is 2.59. The van der Waals surface area contributed by atoms with Gasteiger partial charge in [0, 0.05) is 42.1 Å². The van der Waals surface area contributed by atoms with Crippen molar-refractivity contribution in [3.63, 3.8) is 0 Å². The molecule has 0 saturated carbocycles. The van der Waals surface area contributed by atoms with Crippen molar-refractivity contribution in [1.29, 1.82) is 0 Å². The molecule has 1 aromatic carbocycles. The summed E-state index contributed by atoms with van der Waals surface area (Å²) in [5, 5.41) is 10.8. The van der Waals surface area contributed by atoms with Gasteiger partial charge in [-0.1, -0.05) is 18.2 Å². The maximum absolute atomic E-state index is 13.6. The normalized spacial score (nSPS) is 15.3. The van der Waals surface area contributed by atoms with E-state index in [1.165, 1.54) is 31.7 Å². The zero-order chi connectivity index (χ0) is 15.3. The van der Waals surface area contributed by atoms with Gasteiger partial charge >= 0.3 is 6.18 Å². The number of nitrogens with one attached hydrogen (secondary N) is 1. The van der Waals surface area contributed by atoms with E-state index in [-0.39, 0.29) is 5.56 Å². The molecule has 110 valence electrons. The lowest BCUT2D eigenvalue weighted by molar-refractivity contribution is -0.251. The number of H-pyrrole nitrogens is 1. The molecule has 0 aliphatic rings. The third-order valence-corrected chi connectivity index (χ3v) is 3.53. The van der Waals surface area contributed by atoms with Crippen LogP contribution in [-0.2, 0) is 12.6 Å². The quantitative estimate of drug-likeness (QED) is 0.763. The third kappa shape index (κ3) is 1.84. The fraction of sp³-hybridized carbons (Fsp3) is 0.214. The summed E-state index contributed by atoms with van der Waals surface area (Å²) in [7, 11) is 1.41. The minimum absolute atomic E-state index is 0.264. The first kappa shape index (κ1) is 13.7. The molecule has 1 unspecified atom stereocenters. The summed E-state index contributed by atoms with van der Waals surface area (Å²) >= 11 is 0. The van der Waals surface area contributed by atoms with Crippen molar-refractivity contribution in [3.8, 4) is 0 Å². The van der Waals surface area contributed by atoms with Gasteiger partial charge < -0.3 is 14.7 Å². The number of para-hydroxylation sites is 1. The minimum Gasteiger partial charge on any atom is -0.370 e. The van der Waals surface area contributed by atoms with Gasteiger partial charge in [-0.15, -0.1) is 0 Å². The number of fused-ring (bicyclic) bond motifs is 1. The van der Waals surface area contributed by atoms with Crippen molar-refractivity contribution in [2.24, 2.45) is 7.05 Å². The minimum atomic E-state index is -4.91. The molecule has 3 aromatic rings. The summed E-state index contributed by atoms with van der Waals surface area (Å²) in [4.78, 5) is 6.45. The van der Waals surface area contributed by atoms with Gasteiger partial charge in [-0.25, -0.2) is 4.98 Å². The molecule has 0 amide bonds. The molecular formula is C14H12F3N3O. The lowest BCUT2D eigenvalue weighted by atomic mass is 9.91. The number of nitrogens with zero attached hydrogens (tertiary/aromatic N) is 2. The molecule has 0 radical (unpaired) electrons. The molecule has 0 aliphatic carbocycles. The maximum atomic E-state index is 13.6. The highest BCUT2D eigenvalue weighted by Crippen LogP contribution is 2.45. The van der Waals surface area contributed by atoms with Crippen LogP contribution in [0, 0.1) is 0 Å². The number of benzene rings is 1. The summed E-state index contributed by atoms with van der Waals surface area (Å²) < 4.78 is 42.0. The van der Waals surface area contributed by atoms with Gasteiger partial charge in [0.2, 0.25) is 5.60 Å². The molecule has 2 heterocycles. The van der Waals surface area contributed by atoms with Gasteiger partial charge in [-0.3, -0.25) is 0 Å². The number of aromatic nitrogens is 3. The highest BCUT2D eigenvalue weighted by atomic mass is 19.4. The molecule has 0 saturated heterocycles. The molecule has 0 fully saturated rings. The van der Waals surface area contributed by atoms with Crippen LogP contribution in [0.25, 0.3) is 10.9 Å². The van der Waals surface area contributed by atoms with E-state index in [1.807, 2.05) is 0 Å². The number of aliphatic hydroxyl groups is 1. The van der Waals surface area contributed by atoms with Gasteiger partial charge in [0.05, 0.1) is 0 Å². The molecule has 3 rings (SSSR count). The molecule has 21 heavy (non-hydrogen) atoms. The lowest BCUT2D eigenvalue weighted by Gasteiger charge is -2.29. The Labute approximate surface area is 117 Å². The fourth-order valence-electron chi connectivity index (χ4n) is 2.49. The summed E-state index contributed by atoms with van der Waals surface area (Å²) in [6, 6.07) is 6.50. The largest absolute Gasteiger partial charge is 0.428 e. The Balaban J connectivity index is 2.34. The summed E-state index contributed by atoms with van der Waals surface area (Å²) in [5.41, 5.74) is -2.92. The number of hydrogen-bond acceptors (Lipinski definition) is 2. The van der Waals surface area contributed by atoms with Crippen LogP contribution >= 0.6 is 0 Å². The number of hydrogen-bond donors (Lipinski definition) is 2. The number of aromatic amines is 1. The summed E-state index contributed by atoms with van der Waals surface area (Å²) in [5.74, 6) is -0.472. The van der Waals surface area contributed by atoms with E-state index in [9.17, 15) is 18.3 Å². The van der Waals surface area contributed by atoms with E-state index in [4.69, 9.17) is 0 Å². The van der Waals surface area contributed by atoms with E-state index in [0.29, 0.717) is 10.9 Å². The second-order valence-corrected chi connectivity index (χ2v) is 4.82. The first-order chi connectivity index (χ1) is 9.85. The van der Waals surface area contributed by atoms with Gasteiger partial charge in [0.15, 0.2) is 5.82 Å². The average molecular weight is 295 g/mol. The van der Waals surface area contributed by atoms with Gasteiger partial charge in [0.25, 0.3) is 0 Å². The van der Waals surface area contributed by atoms with E-state index in [1.54, 1.807) is 18.2 Å². The van der Waals surface area contributed by atoms with Crippen LogP contribution in [0.4, 0.5) is 13.2 Å². The van der Waals surface area contributed by atoms with E-state index >= 15 is 0 Å². The first-order valence-electron chi connectivity index (χ1n) is 6.19. The Morgan fingerprint density at radius 1 is 1.24 bits per heavy atom. The average Bonchev–Trinajstić information content (AvgIpc) is 3.03. The molecule has 7 heteroatoms. The first-order valence-corrected chi connectivity index (χ1v) is 6.19. The molecule has 1 atom stereocenters. The Kier molecular flexibility index (Phi) is 2.84. The van der Waals surface area contributed by atoms with Gasteiger partial charge in [0.1, 0.15) is 0 Å². The van der Waals surface area contributed by atoms with Crippen LogP contribution in [0.5, 0.6) is 0 Å². The Morgan fingerprint density at radius 3 is 2.57 bits per heavy atom. The number of alkyl halides is 3. The van der Waals surface area contributed by atoms with Crippen molar-refractivity contribution in [3.05, 3.63) is 54.2 Å². The SMILES string of the molecule is Cn1ccnc1C(O)(c1c[nH]c2ccccc12)C(F)(F)F. The molecule has 0 aliphatic heterocycles. The highest BCUT2D eigenvalue weighted by molar-refractivity contribution is 5.84. The molecule has 0 spiro atoms. The van der Waals surface area contributed by atoms with E-state index in [2.05, 4.69) is 9.97 Å². The predicted octanol–water partition coefficient (Wildman–Crippen LogP) is 2.70. The Morgan fingerprint density at radius 2 is 1.95 bits per heavy atom. The van der Waals surface area contributed by atoms with Crippen LogP contribution in [0.15, 0.2) is 42.9 Å². The smallest absolute Gasteiger partial charge is 0.370 e. The van der Waals surface area contributed by atoms with Crippen LogP contribution in [0.2, 0.25) is 0 Å². The number of aryl methyl sites for hydroxylation is 1. The van der Waals surface area contributed by atoms with Crippen molar-refractivity contribution >= 4 is 10.9 Å². The molecule has 4 nitrogen and oxygen atoms in total. The molecular weight excluding hydrogens is 283 g/mol. The molecule has 2 N–H and O–H groups in total. The Hall–Kier alpha value is -2.28. The van der Waals surface area contributed by atoms with Crippen molar-refractivity contribution in [2.45, 2.75) is 11.8 Å². The third-order valence-electron chi connectivity index (χ3n) is 3.53. The predicted molar refractivity (Wildman–Crippen MR) is 70.6 cm³/mol. The van der Waals surface area contributed by atoms with Crippen molar-refractivity contribution in [2.75, 3.05) is 0 Å². The van der Waals surface area contributed by atoms with Crippen LogP contribution in [0.3, 0.4) is 0 Å². The summed E-state index contributed by atoms with van der Waals surface area (Å²) in [6.45, 7) is 0. The van der Waals surface area contributed by atoms with Gasteiger partial charge in [-0.2, -0.15) is 13.2 Å². The monoisotopic (exact) mass is 295 g/mol. The van der Waals surface area contributed by atoms with E-state index < -0.39 is 17.6 Å². The molecule has 2 aromatic heterocycles. The summed E-state index contributed by atoms with van der Waals surface area (Å²) in [6.07, 6.45) is -1.15. The van der Waals surface area contributed by atoms with Gasteiger partial charge in [-0.05, 0) is 6.07 Å².